The summed E-state index contributed by atoms with van der Waals surface area (Å²) in [5.74, 6) is -0.370. The van der Waals surface area contributed by atoms with Crippen LogP contribution in [0.4, 0.5) is 5.69 Å². The van der Waals surface area contributed by atoms with Crippen LogP contribution in [0.25, 0.3) is 6.08 Å². The average Bonchev–Trinajstić information content (AvgIpc) is 2.77. The summed E-state index contributed by atoms with van der Waals surface area (Å²) in [7, 11) is 3.38. The maximum Gasteiger partial charge on any atom is 0.253 e. The molecule has 2 aromatic rings. The number of nitrogens with one attached hydrogen (secondary N) is 1. The predicted molar refractivity (Wildman–Crippen MR) is 118 cm³/mol. The normalized spacial score (nSPS) is 14.5. The Morgan fingerprint density at radius 3 is 2.37 bits per heavy atom. The number of hydrogen-bond acceptors (Lipinski definition) is 3. The Kier molecular flexibility index (Phi) is 7.01. The lowest BCUT2D eigenvalue weighted by Crippen LogP contribution is -2.40. The van der Waals surface area contributed by atoms with Crippen molar-refractivity contribution in [2.45, 2.75) is 12.8 Å². The first kappa shape index (κ1) is 21.3. The fourth-order valence-corrected chi connectivity index (χ4v) is 3.43. The first-order chi connectivity index (χ1) is 14.4. The number of rotatable bonds is 5. The summed E-state index contributed by atoms with van der Waals surface area (Å²) in [5, 5.41) is 2.91. The highest BCUT2D eigenvalue weighted by molar-refractivity contribution is 5.97. The SMILES string of the molecule is CN(C)C(=O)c1cccc(NC(=O)C2CCN(C(=O)/C=C/c3ccccc3)CC2)c1. The molecular formula is C24H27N3O3. The third-order valence-corrected chi connectivity index (χ3v) is 5.18. The molecule has 1 aliphatic rings. The third kappa shape index (κ3) is 5.56. The molecule has 0 bridgehead atoms. The Morgan fingerprint density at radius 1 is 1.00 bits per heavy atom. The van der Waals surface area contributed by atoms with Crippen LogP contribution in [0.15, 0.2) is 60.7 Å². The highest BCUT2D eigenvalue weighted by atomic mass is 16.2. The van der Waals surface area contributed by atoms with Gasteiger partial charge in [-0.3, -0.25) is 14.4 Å². The number of likely N-dealkylation sites (tertiary alicyclic amines) is 1. The molecule has 1 N–H and O–H groups in total. The molecule has 2 aromatic carbocycles. The van der Waals surface area contributed by atoms with E-state index in [1.807, 2.05) is 36.4 Å². The van der Waals surface area contributed by atoms with Crippen molar-refractivity contribution in [3.63, 3.8) is 0 Å². The van der Waals surface area contributed by atoms with Gasteiger partial charge in [0, 0.05) is 50.4 Å². The van der Waals surface area contributed by atoms with Crippen molar-refractivity contribution >= 4 is 29.5 Å². The van der Waals surface area contributed by atoms with Gasteiger partial charge in [0.1, 0.15) is 0 Å². The quantitative estimate of drug-likeness (QED) is 0.776. The minimum absolute atomic E-state index is 0.0346. The lowest BCUT2D eigenvalue weighted by Gasteiger charge is -2.30. The Hall–Kier alpha value is -3.41. The van der Waals surface area contributed by atoms with Gasteiger partial charge in [0.25, 0.3) is 5.91 Å². The molecule has 30 heavy (non-hydrogen) atoms. The van der Waals surface area contributed by atoms with Crippen molar-refractivity contribution in [1.82, 2.24) is 9.80 Å². The van der Waals surface area contributed by atoms with Gasteiger partial charge in [-0.2, -0.15) is 0 Å². The first-order valence-electron chi connectivity index (χ1n) is 10.1. The first-order valence-corrected chi connectivity index (χ1v) is 10.1. The highest BCUT2D eigenvalue weighted by Crippen LogP contribution is 2.21. The van der Waals surface area contributed by atoms with Gasteiger partial charge in [-0.25, -0.2) is 0 Å². The Morgan fingerprint density at radius 2 is 1.70 bits per heavy atom. The van der Waals surface area contributed by atoms with Gasteiger partial charge in [-0.1, -0.05) is 36.4 Å². The summed E-state index contributed by atoms with van der Waals surface area (Å²) in [6.07, 6.45) is 4.63. The van der Waals surface area contributed by atoms with Crippen LogP contribution < -0.4 is 5.32 Å². The predicted octanol–water partition coefficient (Wildman–Crippen LogP) is 3.28. The maximum absolute atomic E-state index is 12.6. The Balaban J connectivity index is 1.52. The summed E-state index contributed by atoms with van der Waals surface area (Å²) in [6.45, 7) is 1.10. The number of nitrogens with zero attached hydrogens (tertiary/aromatic N) is 2. The Labute approximate surface area is 177 Å². The van der Waals surface area contributed by atoms with Gasteiger partial charge in [-0.05, 0) is 42.7 Å². The summed E-state index contributed by atoms with van der Waals surface area (Å²) >= 11 is 0. The van der Waals surface area contributed by atoms with Gasteiger partial charge < -0.3 is 15.1 Å². The van der Waals surface area contributed by atoms with Gasteiger partial charge in [0.2, 0.25) is 11.8 Å². The highest BCUT2D eigenvalue weighted by Gasteiger charge is 2.26. The van der Waals surface area contributed by atoms with Crippen molar-refractivity contribution in [2.24, 2.45) is 5.92 Å². The van der Waals surface area contributed by atoms with E-state index in [1.54, 1.807) is 49.3 Å². The average molecular weight is 405 g/mol. The minimum Gasteiger partial charge on any atom is -0.345 e. The Bertz CT molecular complexity index is 930. The van der Waals surface area contributed by atoms with Crippen LogP contribution in [0.5, 0.6) is 0 Å². The zero-order chi connectivity index (χ0) is 21.5. The van der Waals surface area contributed by atoms with Gasteiger partial charge >= 0.3 is 0 Å². The van der Waals surface area contributed by atoms with Crippen LogP contribution in [0.2, 0.25) is 0 Å². The van der Waals surface area contributed by atoms with Crippen LogP contribution in [-0.2, 0) is 9.59 Å². The number of carbonyl (C=O) groups is 3. The van der Waals surface area contributed by atoms with E-state index < -0.39 is 0 Å². The van der Waals surface area contributed by atoms with E-state index in [0.29, 0.717) is 37.2 Å². The molecule has 0 aliphatic carbocycles. The number of piperidine rings is 1. The van der Waals surface area contributed by atoms with E-state index in [1.165, 1.54) is 4.90 Å². The smallest absolute Gasteiger partial charge is 0.253 e. The van der Waals surface area contributed by atoms with Crippen molar-refractivity contribution in [3.8, 4) is 0 Å². The molecule has 1 aliphatic heterocycles. The third-order valence-electron chi connectivity index (χ3n) is 5.18. The summed E-state index contributed by atoms with van der Waals surface area (Å²) in [4.78, 5) is 40.4. The molecule has 1 saturated heterocycles. The van der Waals surface area contributed by atoms with Gasteiger partial charge in [0.15, 0.2) is 0 Å². The zero-order valence-corrected chi connectivity index (χ0v) is 17.4. The second-order valence-electron chi connectivity index (χ2n) is 7.61. The number of amides is 3. The van der Waals surface area contributed by atoms with E-state index >= 15 is 0 Å². The minimum atomic E-state index is -0.152. The zero-order valence-electron chi connectivity index (χ0n) is 17.4. The van der Waals surface area contributed by atoms with E-state index in [-0.39, 0.29) is 23.6 Å². The molecule has 0 radical (unpaired) electrons. The molecule has 0 saturated carbocycles. The standard InChI is InChI=1S/C24H27N3O3/c1-26(2)24(30)20-9-6-10-21(17-20)25-23(29)19-13-15-27(16-14-19)22(28)12-11-18-7-4-3-5-8-18/h3-12,17,19H,13-16H2,1-2H3,(H,25,29)/b12-11+. The number of hydrogen-bond donors (Lipinski definition) is 1. The monoisotopic (exact) mass is 405 g/mol. The molecule has 0 unspecified atom stereocenters. The van der Waals surface area contributed by atoms with Crippen LogP contribution in [0.1, 0.15) is 28.8 Å². The molecule has 1 heterocycles. The fraction of sp³-hybridized carbons (Fsp3) is 0.292. The fourth-order valence-electron chi connectivity index (χ4n) is 3.43. The van der Waals surface area contributed by atoms with Crippen molar-refractivity contribution < 1.29 is 14.4 Å². The van der Waals surface area contributed by atoms with Crippen LogP contribution in [-0.4, -0.2) is 54.7 Å². The van der Waals surface area contributed by atoms with Crippen LogP contribution in [0, 0.1) is 5.92 Å². The van der Waals surface area contributed by atoms with E-state index in [0.717, 1.165) is 5.56 Å². The second-order valence-corrected chi connectivity index (χ2v) is 7.61. The molecule has 3 amide bonds. The van der Waals surface area contributed by atoms with Gasteiger partial charge in [0.05, 0.1) is 0 Å². The summed E-state index contributed by atoms with van der Waals surface area (Å²) in [5.41, 5.74) is 2.12. The molecular weight excluding hydrogens is 378 g/mol. The second kappa shape index (κ2) is 9.87. The van der Waals surface area contributed by atoms with Crippen molar-refractivity contribution in [2.75, 3.05) is 32.5 Å². The lowest BCUT2D eigenvalue weighted by atomic mass is 9.95. The molecule has 6 heteroatoms. The number of benzene rings is 2. The topological polar surface area (TPSA) is 69.7 Å². The number of carbonyl (C=O) groups excluding carboxylic acids is 3. The van der Waals surface area contributed by atoms with Crippen LogP contribution >= 0.6 is 0 Å². The largest absolute Gasteiger partial charge is 0.345 e. The molecule has 6 nitrogen and oxygen atoms in total. The summed E-state index contributed by atoms with van der Waals surface area (Å²) in [6, 6.07) is 16.6. The molecule has 3 rings (SSSR count). The van der Waals surface area contributed by atoms with E-state index in [2.05, 4.69) is 5.32 Å². The van der Waals surface area contributed by atoms with E-state index in [4.69, 9.17) is 0 Å². The maximum atomic E-state index is 12.6. The molecule has 1 fully saturated rings. The summed E-state index contributed by atoms with van der Waals surface area (Å²) < 4.78 is 0. The number of anilines is 1. The van der Waals surface area contributed by atoms with Crippen molar-refractivity contribution in [1.29, 1.82) is 0 Å². The molecule has 0 spiro atoms. The lowest BCUT2D eigenvalue weighted by molar-refractivity contribution is -0.130. The molecule has 156 valence electrons. The molecule has 0 atom stereocenters. The van der Waals surface area contributed by atoms with Gasteiger partial charge in [-0.15, -0.1) is 0 Å². The van der Waals surface area contributed by atoms with Crippen molar-refractivity contribution in [3.05, 3.63) is 71.8 Å². The molecule has 0 aromatic heterocycles. The van der Waals surface area contributed by atoms with Crippen LogP contribution in [0.3, 0.4) is 0 Å². The van der Waals surface area contributed by atoms with E-state index in [9.17, 15) is 14.4 Å².